The molecular formula is C107H176Cl2N2O17. The van der Waals surface area contributed by atoms with Crippen molar-refractivity contribution < 1.29 is 72.7 Å². The van der Waals surface area contributed by atoms with Gasteiger partial charge in [0.2, 0.25) is 11.5 Å². The second-order valence-corrected chi connectivity index (χ2v) is 34.7. The minimum Gasteiger partial charge on any atom is -0.508 e. The highest BCUT2D eigenvalue weighted by Crippen LogP contribution is 2.42. The summed E-state index contributed by atoms with van der Waals surface area (Å²) in [6.07, 6.45) is 76.2. The number of esters is 1. The topological polar surface area (TPSA) is 263 Å². The summed E-state index contributed by atoms with van der Waals surface area (Å²) in [6.45, 7) is 17.1. The Balaban J connectivity index is 0.00000199. The maximum atomic E-state index is 13.5. The Morgan fingerprint density at radius 2 is 0.445 bits per heavy atom. The molecular weight excluding hydrogens is 1660 g/mol. The van der Waals surface area contributed by atoms with Crippen LogP contribution in [0.3, 0.4) is 0 Å². The molecule has 3 N–H and O–H groups in total. The highest BCUT2D eigenvalue weighted by Gasteiger charge is 2.23. The van der Waals surface area contributed by atoms with Gasteiger partial charge >= 0.3 is 5.97 Å². The van der Waals surface area contributed by atoms with Crippen LogP contribution in [0.1, 0.15) is 473 Å². The SMILES string of the molecule is C.C.CCCCCCCCCCCCOc1cc(C(=O)Cl)cc(OCCCCCCCCCCCC)c1OCCCCCCCCCCCC.CCCCCCCCCCCCOc1cc(C(=O)Oc2ccc(O)cc2)cc(OCCCCCCCCCCCC)c1OCCCCCCCCCCCC.O=C(Cl)c1cc([N+](=O)[O-])cc([N+](=O)[O-])c1.Oc1ccc(O)cc1. The number of nitro groups is 2. The van der Waals surface area contributed by atoms with Crippen molar-refractivity contribution in [2.75, 3.05) is 39.6 Å². The first-order valence-electron chi connectivity index (χ1n) is 49.9. The third-order valence-corrected chi connectivity index (χ3v) is 22.9. The highest BCUT2D eigenvalue weighted by atomic mass is 35.5. The van der Waals surface area contributed by atoms with Gasteiger partial charge in [0, 0.05) is 23.3 Å². The number of halogens is 2. The fourth-order valence-electron chi connectivity index (χ4n) is 14.8. The number of aromatic hydroxyl groups is 3. The molecule has 0 bridgehead atoms. The quantitative estimate of drug-likeness (QED) is 0.00621. The van der Waals surface area contributed by atoms with Crippen molar-refractivity contribution in [1.82, 2.24) is 0 Å². The predicted molar refractivity (Wildman–Crippen MR) is 533 cm³/mol. The van der Waals surface area contributed by atoms with Crippen molar-refractivity contribution in [1.29, 1.82) is 0 Å². The van der Waals surface area contributed by atoms with Gasteiger partial charge in [-0.1, -0.05) is 403 Å². The van der Waals surface area contributed by atoms with E-state index in [1.165, 1.54) is 345 Å². The van der Waals surface area contributed by atoms with Crippen molar-refractivity contribution in [2.45, 2.75) is 442 Å². The van der Waals surface area contributed by atoms with Crippen LogP contribution >= 0.6 is 23.2 Å². The van der Waals surface area contributed by atoms with E-state index in [1.807, 2.05) is 0 Å². The van der Waals surface area contributed by atoms with Gasteiger partial charge in [0.25, 0.3) is 21.9 Å². The molecule has 0 saturated heterocycles. The molecule has 0 saturated carbocycles. The zero-order chi connectivity index (χ0) is 91.8. The zero-order valence-electron chi connectivity index (χ0n) is 79.0. The zero-order valence-corrected chi connectivity index (χ0v) is 80.5. The molecule has 5 rings (SSSR count). The van der Waals surface area contributed by atoms with Crippen LogP contribution in [-0.2, 0) is 0 Å². The number of carbonyl (C=O) groups excluding carboxylic acids is 3. The molecule has 0 amide bonds. The standard InChI is InChI=1S/C49H82O6.C43H77ClO4.C7H3ClN2O5.C6H6O2.2CH4/c1-4-7-10-13-16-19-22-25-28-31-38-52-46-41-43(49(51)55-45-36-34-44(50)35-37-45)42-47(53-39-32-29-26-23-20-17-14-11-8-5-2)48(46)54-40-33-30-27-24-21-18-15-12-9-6-3;1-4-7-10-13-16-19-22-25-28-31-34-46-40-37-39(43(44)45)38-41(47-35-32-29-26-23-20-17-14-11-8-5-2)42(40)48-36-33-30-27-24-21-18-15-12-9-6-3;8-7(11)4-1-5(9(12)13)3-6(2-4)10(14)15;7-5-1-2-6(8)4-3-5;;/h34-37,41-42,50H,4-33,38-40H2,1-3H3;37-38H,4-36H2,1-3H3;1-3H;1-4,7-8H;2*1H4. The number of nitrogens with zero attached hydrogens (tertiary/aromatic N) is 2. The molecule has 0 aromatic heterocycles. The van der Waals surface area contributed by atoms with E-state index in [9.17, 15) is 39.7 Å². The molecule has 730 valence electrons. The summed E-state index contributed by atoms with van der Waals surface area (Å²) >= 11 is 11.0. The van der Waals surface area contributed by atoms with Crippen LogP contribution < -0.4 is 33.2 Å². The molecule has 5 aromatic carbocycles. The van der Waals surface area contributed by atoms with E-state index < -0.39 is 37.7 Å². The summed E-state index contributed by atoms with van der Waals surface area (Å²) in [7, 11) is 0. The number of unbranched alkanes of at least 4 members (excludes halogenated alkanes) is 54. The molecule has 21 heteroatoms. The molecule has 0 spiro atoms. The molecule has 19 nitrogen and oxygen atoms in total. The van der Waals surface area contributed by atoms with Gasteiger partial charge in [-0.2, -0.15) is 0 Å². The van der Waals surface area contributed by atoms with E-state index in [4.69, 9.17) is 66.6 Å². The molecule has 0 unspecified atom stereocenters. The Hall–Kier alpha value is -7.51. The summed E-state index contributed by atoms with van der Waals surface area (Å²) < 4.78 is 43.9. The summed E-state index contributed by atoms with van der Waals surface area (Å²) in [5.41, 5.74) is -0.617. The third-order valence-electron chi connectivity index (χ3n) is 22.5. The number of rotatable bonds is 78. The number of hydrogen-bond donors (Lipinski definition) is 3. The van der Waals surface area contributed by atoms with Gasteiger partial charge in [0.05, 0.1) is 61.1 Å². The Morgan fingerprint density at radius 3 is 0.648 bits per heavy atom. The second-order valence-electron chi connectivity index (χ2n) is 34.0. The van der Waals surface area contributed by atoms with Crippen molar-refractivity contribution in [2.24, 2.45) is 0 Å². The lowest BCUT2D eigenvalue weighted by Gasteiger charge is -2.19. The average molecular weight is 1830 g/mol. The Morgan fingerprint density at radius 1 is 0.266 bits per heavy atom. The van der Waals surface area contributed by atoms with Crippen LogP contribution in [0.4, 0.5) is 11.4 Å². The van der Waals surface area contributed by atoms with E-state index >= 15 is 0 Å². The molecule has 0 heterocycles. The number of ether oxygens (including phenoxy) is 7. The van der Waals surface area contributed by atoms with E-state index in [0.717, 1.165) is 95.2 Å². The van der Waals surface area contributed by atoms with Crippen LogP contribution in [0.5, 0.6) is 57.5 Å². The van der Waals surface area contributed by atoms with E-state index in [-0.39, 0.29) is 37.7 Å². The first-order valence-corrected chi connectivity index (χ1v) is 50.6. The van der Waals surface area contributed by atoms with E-state index in [1.54, 1.807) is 36.4 Å². The van der Waals surface area contributed by atoms with Gasteiger partial charge in [0.15, 0.2) is 23.0 Å². The van der Waals surface area contributed by atoms with Gasteiger partial charge in [-0.25, -0.2) is 4.79 Å². The molecule has 0 atom stereocenters. The molecule has 0 aliphatic heterocycles. The van der Waals surface area contributed by atoms with Crippen LogP contribution in [-0.4, -0.2) is 81.3 Å². The van der Waals surface area contributed by atoms with E-state index in [2.05, 4.69) is 41.5 Å². The average Bonchev–Trinajstić information content (AvgIpc) is 0.778. The lowest BCUT2D eigenvalue weighted by molar-refractivity contribution is -0.394. The minimum atomic E-state index is -0.984. The van der Waals surface area contributed by atoms with E-state index in [0.29, 0.717) is 91.0 Å². The predicted octanol–water partition coefficient (Wildman–Crippen LogP) is 34.7. The highest BCUT2D eigenvalue weighted by molar-refractivity contribution is 6.68. The largest absolute Gasteiger partial charge is 0.508 e. The number of nitro benzene ring substituents is 2. The molecule has 128 heavy (non-hydrogen) atoms. The Bertz CT molecular complexity index is 3310. The summed E-state index contributed by atoms with van der Waals surface area (Å²) in [6, 6.07) is 21.4. The Kier molecular flexibility index (Phi) is 80.0. The van der Waals surface area contributed by atoms with Crippen molar-refractivity contribution in [3.63, 3.8) is 0 Å². The maximum Gasteiger partial charge on any atom is 0.343 e. The molecule has 0 radical (unpaired) electrons. The number of non-ortho nitro benzene ring substituents is 2. The van der Waals surface area contributed by atoms with Gasteiger partial charge in [0.1, 0.15) is 23.0 Å². The number of carbonyl (C=O) groups is 3. The molecule has 0 aliphatic rings. The summed E-state index contributed by atoms with van der Waals surface area (Å²) in [5, 5.41) is 46.3. The number of phenols is 3. The summed E-state index contributed by atoms with van der Waals surface area (Å²) in [4.78, 5) is 55.5. The number of benzene rings is 5. The van der Waals surface area contributed by atoms with Crippen LogP contribution in [0.25, 0.3) is 0 Å². The lowest BCUT2D eigenvalue weighted by atomic mass is 10.1. The number of phenolic OH excluding ortho intramolecular Hbond substituents is 3. The van der Waals surface area contributed by atoms with Gasteiger partial charge in [-0.3, -0.25) is 29.8 Å². The fourth-order valence-corrected chi connectivity index (χ4v) is 15.0. The van der Waals surface area contributed by atoms with Crippen molar-refractivity contribution in [3.8, 4) is 57.5 Å². The van der Waals surface area contributed by atoms with Crippen LogP contribution in [0, 0.1) is 20.2 Å². The first kappa shape index (κ1) is 120. The molecule has 0 fully saturated rings. The van der Waals surface area contributed by atoms with Gasteiger partial charge in [-0.05, 0) is 135 Å². The normalized spacial score (nSPS) is 10.7. The first-order chi connectivity index (χ1) is 61.4. The van der Waals surface area contributed by atoms with Crippen molar-refractivity contribution >= 4 is 51.0 Å². The minimum absolute atomic E-state index is 0. The second kappa shape index (κ2) is 85.0. The molecule has 5 aromatic rings. The van der Waals surface area contributed by atoms with Crippen molar-refractivity contribution in [3.05, 3.63) is 128 Å². The fraction of sp³-hybridized carbons (Fsp3) is 0.692. The molecule has 0 aliphatic carbocycles. The third kappa shape index (κ3) is 65.1. The van der Waals surface area contributed by atoms with Crippen LogP contribution in [0.15, 0.2) is 91.0 Å². The summed E-state index contributed by atoms with van der Waals surface area (Å²) in [5.74, 6) is 3.81. The smallest absolute Gasteiger partial charge is 0.343 e. The number of hydrogen-bond acceptors (Lipinski definition) is 17. The Labute approximate surface area is 785 Å². The maximum absolute atomic E-state index is 13.5. The van der Waals surface area contributed by atoms with Gasteiger partial charge < -0.3 is 48.5 Å². The monoisotopic (exact) mass is 1830 g/mol. The lowest BCUT2D eigenvalue weighted by Crippen LogP contribution is -2.12. The van der Waals surface area contributed by atoms with Gasteiger partial charge in [-0.15, -0.1) is 0 Å². The van der Waals surface area contributed by atoms with Crippen LogP contribution in [0.2, 0.25) is 0 Å².